The van der Waals surface area contributed by atoms with Gasteiger partial charge < -0.3 is 9.80 Å². The topological polar surface area (TPSA) is 61.2 Å². The highest BCUT2D eigenvalue weighted by Gasteiger charge is 2.26. The molecule has 2 aromatic rings. The Balaban J connectivity index is 1.18. The third-order valence-electron chi connectivity index (χ3n) is 7.62. The lowest BCUT2D eigenvalue weighted by Gasteiger charge is -2.36. The zero-order valence-electron chi connectivity index (χ0n) is 22.5. The molecule has 0 radical (unpaired) electrons. The lowest BCUT2D eigenvalue weighted by Crippen LogP contribution is -2.50. The molecule has 4 heterocycles. The number of aryl methyl sites for hydroxylation is 2. The van der Waals surface area contributed by atoms with Crippen LogP contribution in [0.4, 0.5) is 0 Å². The van der Waals surface area contributed by atoms with Crippen LogP contribution >= 0.6 is 0 Å². The van der Waals surface area contributed by atoms with Gasteiger partial charge in [-0.1, -0.05) is 48.6 Å². The monoisotopic (exact) mass is 507 g/mol. The number of hydrogen-bond donors (Lipinski definition) is 0. The number of rotatable bonds is 6. The minimum Gasteiger partial charge on any atom is -0.357 e. The summed E-state index contributed by atoms with van der Waals surface area (Å²) >= 11 is 0. The van der Waals surface area contributed by atoms with Crippen LogP contribution in [0, 0.1) is 13.8 Å². The van der Waals surface area contributed by atoms with Gasteiger partial charge in [-0.3, -0.25) is 14.8 Å². The van der Waals surface area contributed by atoms with Crippen molar-refractivity contribution < 1.29 is 4.79 Å². The van der Waals surface area contributed by atoms with Crippen molar-refractivity contribution in [1.82, 2.24) is 14.8 Å². The third kappa shape index (κ3) is 6.18. The van der Waals surface area contributed by atoms with Crippen molar-refractivity contribution in [2.45, 2.75) is 52.0 Å². The van der Waals surface area contributed by atoms with Gasteiger partial charge in [-0.2, -0.15) is 0 Å². The van der Waals surface area contributed by atoms with E-state index in [1.165, 1.54) is 16.7 Å². The van der Waals surface area contributed by atoms with Gasteiger partial charge in [0.25, 0.3) is 0 Å². The average Bonchev–Trinajstić information content (AvgIpc) is 3.35. The normalized spacial score (nSPS) is 19.5. The Bertz CT molecular complexity index is 1300. The number of piperazine rings is 1. The van der Waals surface area contributed by atoms with E-state index in [9.17, 15) is 4.79 Å². The Hall–Kier alpha value is -3.80. The van der Waals surface area contributed by atoms with Crippen molar-refractivity contribution in [3.05, 3.63) is 95.5 Å². The number of pyridine rings is 1. The second-order valence-corrected chi connectivity index (χ2v) is 10.2. The molecule has 5 rings (SSSR count). The SMILES string of the molecule is Cc1ccc(C2=NC(CCCC(=O)N3CCN(C4=NC=CC=CCC4)CC3)C(c3ccccc3)=C2)nc1C. The maximum atomic E-state index is 13.1. The van der Waals surface area contributed by atoms with E-state index >= 15 is 0 Å². The lowest BCUT2D eigenvalue weighted by atomic mass is 9.95. The van der Waals surface area contributed by atoms with Gasteiger partial charge >= 0.3 is 0 Å². The van der Waals surface area contributed by atoms with Crippen LogP contribution < -0.4 is 0 Å². The molecule has 1 aromatic carbocycles. The summed E-state index contributed by atoms with van der Waals surface area (Å²) in [6.07, 6.45) is 14.4. The number of amidine groups is 1. The van der Waals surface area contributed by atoms with Gasteiger partial charge in [0, 0.05) is 50.9 Å². The first-order valence-electron chi connectivity index (χ1n) is 13.8. The molecule has 3 aliphatic heterocycles. The second kappa shape index (κ2) is 12.2. The van der Waals surface area contributed by atoms with Crippen LogP contribution in [0.25, 0.3) is 5.57 Å². The van der Waals surface area contributed by atoms with Crippen LogP contribution in [-0.2, 0) is 4.79 Å². The molecule has 0 saturated carbocycles. The summed E-state index contributed by atoms with van der Waals surface area (Å²) in [5, 5.41) is 0. The molecule has 1 aromatic heterocycles. The number of nitrogens with zero attached hydrogens (tertiary/aromatic N) is 5. The fraction of sp³-hybridized carbons (Fsp3) is 0.375. The van der Waals surface area contributed by atoms with Crippen LogP contribution in [0.5, 0.6) is 0 Å². The van der Waals surface area contributed by atoms with Crippen molar-refractivity contribution in [3.63, 3.8) is 0 Å². The van der Waals surface area contributed by atoms with Gasteiger partial charge in [0.05, 0.1) is 17.4 Å². The van der Waals surface area contributed by atoms with E-state index in [0.29, 0.717) is 6.42 Å². The molecule has 1 saturated heterocycles. The number of amides is 1. The number of benzene rings is 1. The first-order valence-corrected chi connectivity index (χ1v) is 13.8. The predicted octanol–water partition coefficient (Wildman–Crippen LogP) is 5.53. The molecule has 0 spiro atoms. The quantitative estimate of drug-likeness (QED) is 0.517. The highest BCUT2D eigenvalue weighted by molar-refractivity contribution is 6.14. The maximum Gasteiger partial charge on any atom is 0.222 e. The molecule has 0 N–H and O–H groups in total. The van der Waals surface area contributed by atoms with Crippen LogP contribution in [0.1, 0.15) is 54.6 Å². The molecule has 196 valence electrons. The molecule has 38 heavy (non-hydrogen) atoms. The molecule has 6 heteroatoms. The molecule has 6 nitrogen and oxygen atoms in total. The van der Waals surface area contributed by atoms with E-state index in [0.717, 1.165) is 74.8 Å². The standard InChI is InChI=1S/C32H37N5O/c1-24-16-17-29(34-25(24)2)30-23-27(26-11-6-5-7-12-26)28(35-30)13-10-15-32(38)37-21-19-36(20-22-37)31-14-8-3-4-9-18-33-31/h3-7,9,11-12,16-18,23,28H,8,10,13-15,19-22H2,1-2H3. The van der Waals surface area contributed by atoms with Crippen molar-refractivity contribution >= 4 is 23.0 Å². The Morgan fingerprint density at radius 2 is 1.82 bits per heavy atom. The van der Waals surface area contributed by atoms with Crippen molar-refractivity contribution in [2.24, 2.45) is 9.98 Å². The third-order valence-corrected chi connectivity index (χ3v) is 7.62. The Kier molecular flexibility index (Phi) is 8.27. The number of carbonyl (C=O) groups is 1. The summed E-state index contributed by atoms with van der Waals surface area (Å²) in [7, 11) is 0. The Labute approximate surface area is 226 Å². The van der Waals surface area contributed by atoms with E-state index in [1.54, 1.807) is 0 Å². The number of aliphatic imine (C=N–C) groups is 2. The summed E-state index contributed by atoms with van der Waals surface area (Å²) in [5.74, 6) is 1.38. The maximum absolute atomic E-state index is 13.1. The van der Waals surface area contributed by atoms with Crippen molar-refractivity contribution in [3.8, 4) is 0 Å². The molecule has 0 bridgehead atoms. The van der Waals surface area contributed by atoms with Crippen LogP contribution in [-0.4, -0.2) is 64.5 Å². The van der Waals surface area contributed by atoms with E-state index in [2.05, 4.69) is 65.4 Å². The average molecular weight is 508 g/mol. The van der Waals surface area contributed by atoms with Crippen LogP contribution in [0.3, 0.4) is 0 Å². The van der Waals surface area contributed by atoms with Gasteiger partial charge in [-0.05, 0) is 68.0 Å². The number of hydrogen-bond acceptors (Lipinski definition) is 5. The van der Waals surface area contributed by atoms with E-state index < -0.39 is 0 Å². The van der Waals surface area contributed by atoms with Gasteiger partial charge in [-0.15, -0.1) is 0 Å². The summed E-state index contributed by atoms with van der Waals surface area (Å²) in [6, 6.07) is 14.7. The molecule has 0 aliphatic carbocycles. The summed E-state index contributed by atoms with van der Waals surface area (Å²) in [4.78, 5) is 31.9. The summed E-state index contributed by atoms with van der Waals surface area (Å²) in [6.45, 7) is 7.34. The summed E-state index contributed by atoms with van der Waals surface area (Å²) < 4.78 is 0. The van der Waals surface area contributed by atoms with Crippen LogP contribution in [0.2, 0.25) is 0 Å². The van der Waals surface area contributed by atoms with Gasteiger partial charge in [-0.25, -0.2) is 4.99 Å². The number of allylic oxidation sites excluding steroid dienone is 4. The minimum atomic E-state index is 0.0416. The van der Waals surface area contributed by atoms with E-state index in [1.807, 2.05) is 36.2 Å². The van der Waals surface area contributed by atoms with Crippen molar-refractivity contribution in [2.75, 3.05) is 26.2 Å². The first kappa shape index (κ1) is 25.8. The van der Waals surface area contributed by atoms with E-state index in [4.69, 9.17) is 9.98 Å². The summed E-state index contributed by atoms with van der Waals surface area (Å²) in [5.41, 5.74) is 6.46. The predicted molar refractivity (Wildman–Crippen MR) is 155 cm³/mol. The van der Waals surface area contributed by atoms with Crippen LogP contribution in [0.15, 0.2) is 83.0 Å². The molecule has 1 atom stereocenters. The first-order chi connectivity index (χ1) is 18.6. The van der Waals surface area contributed by atoms with Gasteiger partial charge in [0.1, 0.15) is 5.84 Å². The molecule has 3 aliphatic rings. The zero-order valence-corrected chi connectivity index (χ0v) is 22.5. The van der Waals surface area contributed by atoms with E-state index in [-0.39, 0.29) is 11.9 Å². The zero-order chi connectivity index (χ0) is 26.3. The highest BCUT2D eigenvalue weighted by atomic mass is 16.2. The smallest absolute Gasteiger partial charge is 0.222 e. The fourth-order valence-corrected chi connectivity index (χ4v) is 5.25. The number of carbonyl (C=O) groups excluding carboxylic acids is 1. The number of aromatic nitrogens is 1. The second-order valence-electron chi connectivity index (χ2n) is 10.2. The molecular formula is C32H37N5O. The Morgan fingerprint density at radius 1 is 1.00 bits per heavy atom. The highest BCUT2D eigenvalue weighted by Crippen LogP contribution is 2.30. The molecule has 1 amide bonds. The lowest BCUT2D eigenvalue weighted by molar-refractivity contribution is -0.132. The molecule has 1 unspecified atom stereocenters. The molecular weight excluding hydrogens is 470 g/mol. The largest absolute Gasteiger partial charge is 0.357 e. The molecule has 1 fully saturated rings. The van der Waals surface area contributed by atoms with Crippen molar-refractivity contribution in [1.29, 1.82) is 0 Å². The fourth-order valence-electron chi connectivity index (χ4n) is 5.25. The van der Waals surface area contributed by atoms with Gasteiger partial charge in [0.15, 0.2) is 0 Å². The Morgan fingerprint density at radius 3 is 2.61 bits per heavy atom. The van der Waals surface area contributed by atoms with Gasteiger partial charge in [0.2, 0.25) is 5.91 Å². The minimum absolute atomic E-state index is 0.0416.